The summed E-state index contributed by atoms with van der Waals surface area (Å²) in [4.78, 5) is 25.1. The zero-order chi connectivity index (χ0) is 14.3. The number of nitrogens with one attached hydrogen (secondary N) is 2. The van der Waals surface area contributed by atoms with E-state index in [-0.39, 0.29) is 25.1 Å². The monoisotopic (exact) mass is 271 g/mol. The van der Waals surface area contributed by atoms with Crippen LogP contribution in [0.3, 0.4) is 0 Å². The molecule has 2 unspecified atom stereocenters. The van der Waals surface area contributed by atoms with Gasteiger partial charge in [-0.05, 0) is 25.3 Å². The highest BCUT2D eigenvalue weighted by molar-refractivity contribution is 5.95. The molecule has 1 fully saturated rings. The largest absolute Gasteiger partial charge is 0.395 e. The average molecular weight is 271 g/mol. The number of carbonyl (C=O) groups excluding carboxylic acids is 2. The molecule has 19 heavy (non-hydrogen) atoms. The number of imide groups is 1. The van der Waals surface area contributed by atoms with E-state index in [0.29, 0.717) is 12.5 Å². The number of rotatable bonds is 6. The molecule has 3 N–H and O–H groups in total. The molecule has 1 aliphatic heterocycles. The van der Waals surface area contributed by atoms with Gasteiger partial charge in [-0.25, -0.2) is 4.79 Å². The highest BCUT2D eigenvalue weighted by Gasteiger charge is 2.31. The molecule has 110 valence electrons. The first-order valence-electron chi connectivity index (χ1n) is 7.01. The highest BCUT2D eigenvalue weighted by Crippen LogP contribution is 2.22. The van der Waals surface area contributed by atoms with Crippen LogP contribution in [-0.2, 0) is 4.79 Å². The second kappa shape index (κ2) is 8.12. The summed E-state index contributed by atoms with van der Waals surface area (Å²) < 4.78 is 0. The third-order valence-electron chi connectivity index (χ3n) is 3.60. The number of aliphatic hydroxyl groups is 1. The van der Waals surface area contributed by atoms with E-state index in [4.69, 9.17) is 0 Å². The Balaban J connectivity index is 2.29. The molecular formula is C13H25N3O3. The number of carbonyl (C=O) groups is 2. The van der Waals surface area contributed by atoms with Gasteiger partial charge >= 0.3 is 6.03 Å². The van der Waals surface area contributed by atoms with Crippen molar-refractivity contribution in [3.63, 3.8) is 0 Å². The lowest BCUT2D eigenvalue weighted by molar-refractivity contribution is -0.121. The predicted molar refractivity (Wildman–Crippen MR) is 72.7 cm³/mol. The molecule has 1 aliphatic rings. The Kier molecular flexibility index (Phi) is 6.80. The quantitative estimate of drug-likeness (QED) is 0.608. The van der Waals surface area contributed by atoms with Crippen LogP contribution in [0.1, 0.15) is 33.1 Å². The number of unbranched alkanes of at least 4 members (excludes halogenated alkanes) is 1. The Bertz CT molecular complexity index is 310. The summed E-state index contributed by atoms with van der Waals surface area (Å²) in [7, 11) is 0. The van der Waals surface area contributed by atoms with E-state index in [1.54, 1.807) is 0 Å². The summed E-state index contributed by atoms with van der Waals surface area (Å²) in [6, 6.07) is -0.417. The van der Waals surface area contributed by atoms with Crippen molar-refractivity contribution in [2.75, 3.05) is 26.2 Å². The van der Waals surface area contributed by atoms with Crippen LogP contribution in [0.4, 0.5) is 4.79 Å². The topological polar surface area (TPSA) is 81.7 Å². The molecule has 0 aromatic carbocycles. The van der Waals surface area contributed by atoms with Gasteiger partial charge in [0.1, 0.15) is 0 Å². The summed E-state index contributed by atoms with van der Waals surface area (Å²) in [6.45, 7) is 5.69. The van der Waals surface area contributed by atoms with Gasteiger partial charge in [-0.1, -0.05) is 20.3 Å². The van der Waals surface area contributed by atoms with Crippen molar-refractivity contribution < 1.29 is 14.7 Å². The van der Waals surface area contributed by atoms with Crippen molar-refractivity contribution in [3.8, 4) is 0 Å². The smallest absolute Gasteiger partial charge is 0.321 e. The lowest BCUT2D eigenvalue weighted by Crippen LogP contribution is -2.47. The zero-order valence-corrected chi connectivity index (χ0v) is 11.8. The van der Waals surface area contributed by atoms with E-state index < -0.39 is 6.03 Å². The van der Waals surface area contributed by atoms with Gasteiger partial charge in [-0.15, -0.1) is 0 Å². The maximum atomic E-state index is 11.7. The summed E-state index contributed by atoms with van der Waals surface area (Å²) in [5, 5.41) is 14.2. The van der Waals surface area contributed by atoms with Crippen molar-refractivity contribution in [1.82, 2.24) is 15.5 Å². The van der Waals surface area contributed by atoms with Crippen LogP contribution in [0, 0.1) is 5.92 Å². The Labute approximate surface area is 114 Å². The second-order valence-corrected chi connectivity index (χ2v) is 5.14. The molecule has 0 aromatic heterocycles. The number of hydrogen-bond acceptors (Lipinski definition) is 4. The molecule has 0 aliphatic carbocycles. The standard InChI is InChI=1S/C13H25N3O3/c1-3-4-6-14-13(19)15-12(18)8-16-7-5-10(2)11(16)9-17/h10-11,17H,3-9H2,1-2H3,(H2,14,15,18,19). The summed E-state index contributed by atoms with van der Waals surface area (Å²) >= 11 is 0. The molecule has 6 nitrogen and oxygen atoms in total. The van der Waals surface area contributed by atoms with Crippen LogP contribution in [0.2, 0.25) is 0 Å². The first-order valence-corrected chi connectivity index (χ1v) is 7.01. The first kappa shape index (κ1) is 15.9. The van der Waals surface area contributed by atoms with Crippen molar-refractivity contribution in [2.24, 2.45) is 5.92 Å². The minimum atomic E-state index is -0.439. The maximum absolute atomic E-state index is 11.7. The van der Waals surface area contributed by atoms with Crippen molar-refractivity contribution >= 4 is 11.9 Å². The Hall–Kier alpha value is -1.14. The van der Waals surface area contributed by atoms with E-state index in [2.05, 4.69) is 17.6 Å². The SMILES string of the molecule is CCCCNC(=O)NC(=O)CN1CCC(C)C1CO. The first-order chi connectivity index (χ1) is 9.08. The minimum Gasteiger partial charge on any atom is -0.395 e. The molecule has 1 heterocycles. The summed E-state index contributed by atoms with van der Waals surface area (Å²) in [5.74, 6) is 0.0673. The van der Waals surface area contributed by atoms with Gasteiger partial charge in [0.2, 0.25) is 5.91 Å². The molecule has 6 heteroatoms. The third kappa shape index (κ3) is 5.16. The molecule has 0 saturated carbocycles. The van der Waals surface area contributed by atoms with E-state index in [0.717, 1.165) is 25.8 Å². The Morgan fingerprint density at radius 1 is 1.42 bits per heavy atom. The van der Waals surface area contributed by atoms with Crippen LogP contribution in [-0.4, -0.2) is 54.2 Å². The molecule has 0 spiro atoms. The van der Waals surface area contributed by atoms with Crippen LogP contribution in [0.15, 0.2) is 0 Å². The molecule has 1 rings (SSSR count). The Morgan fingerprint density at radius 2 is 2.16 bits per heavy atom. The lowest BCUT2D eigenvalue weighted by Gasteiger charge is -2.24. The summed E-state index contributed by atoms with van der Waals surface area (Å²) in [6.07, 6.45) is 2.87. The maximum Gasteiger partial charge on any atom is 0.321 e. The molecule has 0 radical (unpaired) electrons. The number of amides is 3. The molecular weight excluding hydrogens is 246 g/mol. The van der Waals surface area contributed by atoms with Gasteiger partial charge in [-0.3, -0.25) is 15.0 Å². The van der Waals surface area contributed by atoms with Gasteiger partial charge < -0.3 is 10.4 Å². The second-order valence-electron chi connectivity index (χ2n) is 5.14. The van der Waals surface area contributed by atoms with Crippen molar-refractivity contribution in [2.45, 2.75) is 39.2 Å². The molecule has 0 bridgehead atoms. The summed E-state index contributed by atoms with van der Waals surface area (Å²) in [5.41, 5.74) is 0. The number of likely N-dealkylation sites (tertiary alicyclic amines) is 1. The van der Waals surface area contributed by atoms with Gasteiger partial charge in [0, 0.05) is 12.6 Å². The van der Waals surface area contributed by atoms with E-state index >= 15 is 0 Å². The van der Waals surface area contributed by atoms with Crippen molar-refractivity contribution in [3.05, 3.63) is 0 Å². The highest BCUT2D eigenvalue weighted by atomic mass is 16.3. The predicted octanol–water partition coefficient (Wildman–Crippen LogP) is 0.315. The fourth-order valence-corrected chi connectivity index (χ4v) is 2.35. The lowest BCUT2D eigenvalue weighted by atomic mass is 10.0. The van der Waals surface area contributed by atoms with Gasteiger partial charge in [-0.2, -0.15) is 0 Å². The fraction of sp³-hybridized carbons (Fsp3) is 0.846. The third-order valence-corrected chi connectivity index (χ3v) is 3.60. The normalized spacial score (nSPS) is 23.3. The van der Waals surface area contributed by atoms with Gasteiger partial charge in [0.25, 0.3) is 0 Å². The van der Waals surface area contributed by atoms with Gasteiger partial charge in [0.05, 0.1) is 13.2 Å². The van der Waals surface area contributed by atoms with Crippen LogP contribution in [0.5, 0.6) is 0 Å². The zero-order valence-electron chi connectivity index (χ0n) is 11.8. The number of nitrogens with zero attached hydrogens (tertiary/aromatic N) is 1. The van der Waals surface area contributed by atoms with Gasteiger partial charge in [0.15, 0.2) is 0 Å². The fourth-order valence-electron chi connectivity index (χ4n) is 2.35. The number of urea groups is 1. The molecule has 3 amide bonds. The average Bonchev–Trinajstić information content (AvgIpc) is 2.69. The van der Waals surface area contributed by atoms with E-state index in [1.807, 2.05) is 11.8 Å². The van der Waals surface area contributed by atoms with Crippen LogP contribution < -0.4 is 10.6 Å². The van der Waals surface area contributed by atoms with E-state index in [1.165, 1.54) is 0 Å². The van der Waals surface area contributed by atoms with Crippen LogP contribution >= 0.6 is 0 Å². The molecule has 0 aromatic rings. The molecule has 2 atom stereocenters. The molecule has 1 saturated heterocycles. The Morgan fingerprint density at radius 3 is 2.79 bits per heavy atom. The van der Waals surface area contributed by atoms with Crippen molar-refractivity contribution in [1.29, 1.82) is 0 Å². The minimum absolute atomic E-state index is 0.0221. The van der Waals surface area contributed by atoms with E-state index in [9.17, 15) is 14.7 Å². The number of hydrogen-bond donors (Lipinski definition) is 3. The number of aliphatic hydroxyl groups excluding tert-OH is 1. The van der Waals surface area contributed by atoms with Crippen LogP contribution in [0.25, 0.3) is 0 Å².